The van der Waals surface area contributed by atoms with Gasteiger partial charge in [0.05, 0.1) is 6.33 Å². The molecular weight excluding hydrogens is 370 g/mol. The zero-order valence-electron chi connectivity index (χ0n) is 15.5. The summed E-state index contributed by atoms with van der Waals surface area (Å²) in [5.74, 6) is -0.101. The van der Waals surface area contributed by atoms with Crippen molar-refractivity contribution in [2.75, 3.05) is 5.32 Å². The van der Waals surface area contributed by atoms with Crippen molar-refractivity contribution in [3.05, 3.63) is 77.9 Å². The van der Waals surface area contributed by atoms with Crippen LogP contribution in [0, 0.1) is 13.8 Å². The third-order valence-corrected chi connectivity index (χ3v) is 5.66. The van der Waals surface area contributed by atoms with Gasteiger partial charge >= 0.3 is 0 Å². The molecule has 1 amide bonds. The summed E-state index contributed by atoms with van der Waals surface area (Å²) in [5.41, 5.74) is 5.16. The first-order valence-electron chi connectivity index (χ1n) is 8.85. The van der Waals surface area contributed by atoms with E-state index in [1.54, 1.807) is 6.33 Å². The minimum absolute atomic E-state index is 0.101. The van der Waals surface area contributed by atoms with Gasteiger partial charge in [-0.15, -0.1) is 0 Å². The van der Waals surface area contributed by atoms with E-state index in [0.29, 0.717) is 10.7 Å². The standard InChI is InChI=1S/C21H19N5OS/c1-13-8-9-14(2)16(10-13)26-20(27)18(15-6-4-3-5-7-15)28-21-17-19(23-11-22-17)24-12-25-21/h3-12,18H,1-2H3,(H,26,27)(H,22,23,24,25)/t18-/m0/s1. The van der Waals surface area contributed by atoms with Crippen LogP contribution in [-0.4, -0.2) is 25.8 Å². The summed E-state index contributed by atoms with van der Waals surface area (Å²) in [7, 11) is 0. The number of rotatable bonds is 5. The van der Waals surface area contributed by atoms with Crippen molar-refractivity contribution in [3.8, 4) is 0 Å². The molecular formula is C21H19N5OS. The number of imidazole rings is 1. The highest BCUT2D eigenvalue weighted by Crippen LogP contribution is 2.37. The molecule has 0 bridgehead atoms. The first kappa shape index (κ1) is 18.2. The molecule has 0 saturated carbocycles. The second-order valence-electron chi connectivity index (χ2n) is 6.50. The minimum Gasteiger partial charge on any atom is -0.341 e. The molecule has 0 fully saturated rings. The van der Waals surface area contributed by atoms with Crippen molar-refractivity contribution in [1.29, 1.82) is 0 Å². The normalized spacial score (nSPS) is 12.1. The van der Waals surface area contributed by atoms with Crippen molar-refractivity contribution < 1.29 is 4.79 Å². The summed E-state index contributed by atoms with van der Waals surface area (Å²) < 4.78 is 0. The van der Waals surface area contributed by atoms with Crippen LogP contribution in [0.1, 0.15) is 21.9 Å². The SMILES string of the molecule is Cc1ccc(C)c(NC(=O)[C@@H](Sc2ncnc3nc[nH]c23)c2ccccc2)c1. The maximum atomic E-state index is 13.3. The molecule has 140 valence electrons. The summed E-state index contributed by atoms with van der Waals surface area (Å²) >= 11 is 1.38. The second kappa shape index (κ2) is 7.82. The van der Waals surface area contributed by atoms with Gasteiger partial charge in [-0.2, -0.15) is 0 Å². The van der Waals surface area contributed by atoms with Crippen LogP contribution in [0.25, 0.3) is 11.2 Å². The fraction of sp³-hybridized carbons (Fsp3) is 0.143. The highest BCUT2D eigenvalue weighted by molar-refractivity contribution is 8.00. The smallest absolute Gasteiger partial charge is 0.242 e. The number of anilines is 1. The van der Waals surface area contributed by atoms with Gasteiger partial charge in [-0.1, -0.05) is 54.2 Å². The topological polar surface area (TPSA) is 83.6 Å². The predicted molar refractivity (Wildman–Crippen MR) is 111 cm³/mol. The lowest BCUT2D eigenvalue weighted by atomic mass is 10.1. The molecule has 2 heterocycles. The van der Waals surface area contributed by atoms with E-state index in [9.17, 15) is 4.79 Å². The lowest BCUT2D eigenvalue weighted by Gasteiger charge is -2.18. The fourth-order valence-corrected chi connectivity index (χ4v) is 3.97. The summed E-state index contributed by atoms with van der Waals surface area (Å²) in [6.45, 7) is 3.99. The molecule has 0 saturated heterocycles. The van der Waals surface area contributed by atoms with Crippen LogP contribution in [0.15, 0.2) is 66.2 Å². The molecule has 0 radical (unpaired) electrons. The third-order valence-electron chi connectivity index (χ3n) is 4.41. The summed E-state index contributed by atoms with van der Waals surface area (Å²) in [4.78, 5) is 29.0. The number of amides is 1. The molecule has 1 atom stereocenters. The van der Waals surface area contributed by atoms with E-state index in [2.05, 4.69) is 25.3 Å². The van der Waals surface area contributed by atoms with Crippen molar-refractivity contribution in [3.63, 3.8) is 0 Å². The number of nitrogens with zero attached hydrogens (tertiary/aromatic N) is 3. The first-order valence-corrected chi connectivity index (χ1v) is 9.73. The molecule has 2 aromatic heterocycles. The van der Waals surface area contributed by atoms with Crippen LogP contribution in [-0.2, 0) is 4.79 Å². The fourth-order valence-electron chi connectivity index (χ4n) is 2.91. The van der Waals surface area contributed by atoms with Crippen molar-refractivity contribution in [1.82, 2.24) is 19.9 Å². The van der Waals surface area contributed by atoms with Gasteiger partial charge in [-0.05, 0) is 36.6 Å². The Hall–Kier alpha value is -3.19. The number of benzene rings is 2. The molecule has 7 heteroatoms. The molecule has 2 N–H and O–H groups in total. The molecule has 28 heavy (non-hydrogen) atoms. The molecule has 4 rings (SSSR count). The van der Waals surface area contributed by atoms with Crippen molar-refractivity contribution in [2.45, 2.75) is 24.1 Å². The molecule has 0 spiro atoms. The summed E-state index contributed by atoms with van der Waals surface area (Å²) in [6.07, 6.45) is 3.05. The number of thioether (sulfide) groups is 1. The molecule has 6 nitrogen and oxygen atoms in total. The molecule has 4 aromatic rings. The Morgan fingerprint density at radius 2 is 1.89 bits per heavy atom. The van der Waals surface area contributed by atoms with Gasteiger partial charge in [0, 0.05) is 5.69 Å². The number of aromatic amines is 1. The Morgan fingerprint density at radius 3 is 2.71 bits per heavy atom. The number of hydrogen-bond acceptors (Lipinski definition) is 5. The highest BCUT2D eigenvalue weighted by Gasteiger charge is 2.24. The minimum atomic E-state index is -0.470. The van der Waals surface area contributed by atoms with E-state index in [0.717, 1.165) is 27.9 Å². The molecule has 0 aliphatic carbocycles. The Morgan fingerprint density at radius 1 is 1.07 bits per heavy atom. The number of aryl methyl sites for hydroxylation is 2. The molecule has 0 unspecified atom stereocenters. The van der Waals surface area contributed by atoms with Crippen molar-refractivity contribution >= 4 is 34.5 Å². The van der Waals surface area contributed by atoms with E-state index in [4.69, 9.17) is 0 Å². The summed E-state index contributed by atoms with van der Waals surface area (Å²) in [5, 5.41) is 3.30. The largest absolute Gasteiger partial charge is 0.341 e. The van der Waals surface area contributed by atoms with Gasteiger partial charge in [0.15, 0.2) is 5.65 Å². The Labute approximate surface area is 166 Å². The van der Waals surface area contributed by atoms with Crippen LogP contribution in [0.5, 0.6) is 0 Å². The van der Waals surface area contributed by atoms with Crippen LogP contribution in [0.4, 0.5) is 5.69 Å². The van der Waals surface area contributed by atoms with E-state index >= 15 is 0 Å². The number of fused-ring (bicyclic) bond motifs is 1. The van der Waals surface area contributed by atoms with Gasteiger partial charge in [0.2, 0.25) is 5.91 Å². The molecule has 0 aliphatic heterocycles. The lowest BCUT2D eigenvalue weighted by molar-refractivity contribution is -0.115. The monoisotopic (exact) mass is 389 g/mol. The zero-order chi connectivity index (χ0) is 19.5. The van der Waals surface area contributed by atoms with Gasteiger partial charge in [0.25, 0.3) is 0 Å². The van der Waals surface area contributed by atoms with E-state index in [1.165, 1.54) is 18.1 Å². The molecule has 2 aromatic carbocycles. The maximum absolute atomic E-state index is 13.3. The van der Waals surface area contributed by atoms with Crippen LogP contribution >= 0.6 is 11.8 Å². The maximum Gasteiger partial charge on any atom is 0.242 e. The van der Waals surface area contributed by atoms with E-state index in [1.807, 2.05) is 62.4 Å². The van der Waals surface area contributed by atoms with Crippen LogP contribution < -0.4 is 5.32 Å². The van der Waals surface area contributed by atoms with Gasteiger partial charge in [-0.25, -0.2) is 15.0 Å². The number of carbonyl (C=O) groups is 1. The number of nitrogens with one attached hydrogen (secondary N) is 2. The van der Waals surface area contributed by atoms with Gasteiger partial charge in [-0.3, -0.25) is 4.79 Å². The lowest BCUT2D eigenvalue weighted by Crippen LogP contribution is -2.20. The van der Waals surface area contributed by atoms with Crippen LogP contribution in [0.2, 0.25) is 0 Å². The average molecular weight is 389 g/mol. The predicted octanol–water partition coefficient (Wildman–Crippen LogP) is 4.44. The quantitative estimate of drug-likeness (QED) is 0.389. The number of H-pyrrole nitrogens is 1. The Kier molecular flexibility index (Phi) is 5.08. The average Bonchev–Trinajstić information content (AvgIpc) is 3.19. The summed E-state index contributed by atoms with van der Waals surface area (Å²) in [6, 6.07) is 15.7. The first-order chi connectivity index (χ1) is 13.6. The van der Waals surface area contributed by atoms with Crippen LogP contribution in [0.3, 0.4) is 0 Å². The highest BCUT2D eigenvalue weighted by atomic mass is 32.2. The van der Waals surface area contributed by atoms with E-state index < -0.39 is 5.25 Å². The Balaban J connectivity index is 1.69. The van der Waals surface area contributed by atoms with Gasteiger partial charge in [0.1, 0.15) is 22.1 Å². The van der Waals surface area contributed by atoms with Crippen molar-refractivity contribution in [2.24, 2.45) is 0 Å². The molecule has 0 aliphatic rings. The number of aromatic nitrogens is 4. The number of hydrogen-bond donors (Lipinski definition) is 2. The zero-order valence-corrected chi connectivity index (χ0v) is 16.3. The third kappa shape index (κ3) is 3.75. The van der Waals surface area contributed by atoms with E-state index in [-0.39, 0.29) is 5.91 Å². The van der Waals surface area contributed by atoms with Gasteiger partial charge < -0.3 is 10.3 Å². The Bertz CT molecular complexity index is 1130. The second-order valence-corrected chi connectivity index (χ2v) is 7.59. The number of carbonyl (C=O) groups excluding carboxylic acids is 1.